The van der Waals surface area contributed by atoms with Crippen LogP contribution in [-0.2, 0) is 10.0 Å². The molecule has 226 valence electrons. The number of hydrogen-bond donors (Lipinski definition) is 3. The van der Waals surface area contributed by atoms with E-state index in [1.165, 1.54) is 17.0 Å². The number of hydrogen-bond acceptors (Lipinski definition) is 7. The van der Waals surface area contributed by atoms with Gasteiger partial charge >= 0.3 is 6.09 Å². The minimum atomic E-state index is -3.77. The number of thiocarbonyl (C=S) groups is 1. The molecule has 0 bridgehead atoms. The molecule has 0 aliphatic carbocycles. The lowest BCUT2D eigenvalue weighted by Gasteiger charge is -2.23. The summed E-state index contributed by atoms with van der Waals surface area (Å²) in [5, 5.41) is 15.6. The Morgan fingerprint density at radius 3 is 2.23 bits per heavy atom. The summed E-state index contributed by atoms with van der Waals surface area (Å²) in [4.78, 5) is 15.5. The van der Waals surface area contributed by atoms with Gasteiger partial charge in [0.05, 0.1) is 4.90 Å². The number of nitrogens with zero attached hydrogens (tertiary/aromatic N) is 1. The fourth-order valence-corrected chi connectivity index (χ4v) is 5.93. The van der Waals surface area contributed by atoms with Crippen molar-refractivity contribution in [3.8, 4) is 11.5 Å². The molecule has 0 saturated carbocycles. The van der Waals surface area contributed by atoms with E-state index in [1.807, 2.05) is 47.8 Å². The van der Waals surface area contributed by atoms with Crippen LogP contribution in [0.4, 0.5) is 16.2 Å². The third-order valence-corrected chi connectivity index (χ3v) is 8.77. The van der Waals surface area contributed by atoms with Crippen LogP contribution in [0.3, 0.4) is 0 Å². The lowest BCUT2D eigenvalue weighted by Crippen LogP contribution is -2.31. The first-order valence-corrected chi connectivity index (χ1v) is 16.4. The van der Waals surface area contributed by atoms with E-state index in [-0.39, 0.29) is 11.0 Å². The monoisotopic (exact) mass is 646 g/mol. The standard InChI is InChI=1S/C32H30N4O5S3/c1-36(20-19-29(30-10-5-21-43-30)41-28-9-4-7-22-6-2-3-8-27(22)28)32(37)40-25-15-11-23(12-16-25)34-31(42)35-24-13-17-26(18-14-24)44(33,38)39/h2-18,21,29H,19-20H2,1H3,(H2,33,38,39)(H2,34,35,42)/t29-/m0/s1. The van der Waals surface area contributed by atoms with E-state index in [1.54, 1.807) is 54.8 Å². The van der Waals surface area contributed by atoms with Crippen molar-refractivity contribution < 1.29 is 22.7 Å². The largest absolute Gasteiger partial charge is 0.484 e. The molecule has 1 heterocycles. The number of carbonyl (C=O) groups excluding carboxylic acids is 1. The Hall–Kier alpha value is -4.49. The predicted octanol–water partition coefficient (Wildman–Crippen LogP) is 7.00. The van der Waals surface area contributed by atoms with Crippen LogP contribution >= 0.6 is 23.6 Å². The molecule has 0 unspecified atom stereocenters. The third kappa shape index (κ3) is 8.11. The van der Waals surface area contributed by atoms with E-state index in [2.05, 4.69) is 22.8 Å². The Morgan fingerprint density at radius 2 is 1.57 bits per heavy atom. The second-order valence-corrected chi connectivity index (χ2v) is 12.8. The summed E-state index contributed by atoms with van der Waals surface area (Å²) in [6, 6.07) is 30.8. The van der Waals surface area contributed by atoms with Crippen molar-refractivity contribution in [2.75, 3.05) is 24.2 Å². The van der Waals surface area contributed by atoms with Crippen molar-refractivity contribution in [1.82, 2.24) is 4.90 Å². The number of nitrogens with two attached hydrogens (primary N) is 1. The number of thiophene rings is 1. The minimum absolute atomic E-state index is 0.00860. The maximum absolute atomic E-state index is 12.9. The van der Waals surface area contributed by atoms with E-state index >= 15 is 0 Å². The van der Waals surface area contributed by atoms with Crippen molar-refractivity contribution in [1.29, 1.82) is 0 Å². The van der Waals surface area contributed by atoms with Crippen LogP contribution in [0.2, 0.25) is 0 Å². The molecule has 9 nitrogen and oxygen atoms in total. The van der Waals surface area contributed by atoms with Crippen molar-refractivity contribution in [3.63, 3.8) is 0 Å². The number of benzene rings is 4. The zero-order chi connectivity index (χ0) is 31.1. The molecule has 0 radical (unpaired) electrons. The van der Waals surface area contributed by atoms with Gasteiger partial charge in [0, 0.05) is 41.7 Å². The molecule has 44 heavy (non-hydrogen) atoms. The zero-order valence-electron chi connectivity index (χ0n) is 23.7. The molecule has 0 fully saturated rings. The Labute approximate surface area is 265 Å². The molecule has 4 N–H and O–H groups in total. The molecule has 0 aliphatic rings. The molecule has 1 aromatic heterocycles. The number of carbonyl (C=O) groups is 1. The molecule has 4 aromatic carbocycles. The number of nitrogens with one attached hydrogen (secondary N) is 2. The van der Waals surface area contributed by atoms with Gasteiger partial charge in [-0.2, -0.15) is 0 Å². The van der Waals surface area contributed by atoms with Crippen LogP contribution in [0.1, 0.15) is 17.4 Å². The molecule has 5 rings (SSSR count). The highest BCUT2D eigenvalue weighted by Gasteiger charge is 2.20. The lowest BCUT2D eigenvalue weighted by molar-refractivity contribution is 0.147. The second kappa shape index (κ2) is 13.9. The normalized spacial score (nSPS) is 11.9. The Morgan fingerprint density at radius 1 is 0.909 bits per heavy atom. The number of ether oxygens (including phenoxy) is 2. The maximum atomic E-state index is 12.9. The van der Waals surface area contributed by atoms with Gasteiger partial charge in [-0.25, -0.2) is 18.4 Å². The second-order valence-electron chi connectivity index (χ2n) is 9.85. The van der Waals surface area contributed by atoms with Gasteiger partial charge in [-0.05, 0) is 83.6 Å². The summed E-state index contributed by atoms with van der Waals surface area (Å²) < 4.78 is 34.9. The van der Waals surface area contributed by atoms with E-state index < -0.39 is 16.1 Å². The van der Waals surface area contributed by atoms with Crippen molar-refractivity contribution in [3.05, 3.63) is 113 Å². The smallest absolute Gasteiger partial charge is 0.414 e. The Bertz CT molecular complexity index is 1840. The van der Waals surface area contributed by atoms with Gasteiger partial charge in [0.1, 0.15) is 17.6 Å². The number of sulfonamides is 1. The first-order valence-electron chi connectivity index (χ1n) is 13.6. The van der Waals surface area contributed by atoms with E-state index in [4.69, 9.17) is 26.8 Å². The predicted molar refractivity (Wildman–Crippen MR) is 179 cm³/mol. The Kier molecular flexibility index (Phi) is 9.75. The van der Waals surface area contributed by atoms with Crippen LogP contribution in [0.25, 0.3) is 10.8 Å². The molecule has 12 heteroatoms. The van der Waals surface area contributed by atoms with Gasteiger partial charge in [0.25, 0.3) is 0 Å². The molecule has 0 spiro atoms. The third-order valence-electron chi connectivity index (χ3n) is 6.68. The van der Waals surface area contributed by atoms with Crippen molar-refractivity contribution in [2.24, 2.45) is 5.14 Å². The number of amides is 1. The van der Waals surface area contributed by atoms with Gasteiger partial charge in [-0.15, -0.1) is 11.3 Å². The van der Waals surface area contributed by atoms with Crippen LogP contribution in [-0.4, -0.2) is 38.1 Å². The highest BCUT2D eigenvalue weighted by molar-refractivity contribution is 7.89. The zero-order valence-corrected chi connectivity index (χ0v) is 26.1. The van der Waals surface area contributed by atoms with Crippen molar-refractivity contribution >= 4 is 66.9 Å². The molecule has 1 amide bonds. The molecular weight excluding hydrogens is 617 g/mol. The van der Waals surface area contributed by atoms with E-state index in [9.17, 15) is 13.2 Å². The summed E-state index contributed by atoms with van der Waals surface area (Å²) in [5.74, 6) is 1.18. The van der Waals surface area contributed by atoms with Crippen molar-refractivity contribution in [2.45, 2.75) is 17.4 Å². The maximum Gasteiger partial charge on any atom is 0.414 e. The number of primary sulfonamides is 1. The van der Waals surface area contributed by atoms with Crippen LogP contribution in [0.5, 0.6) is 11.5 Å². The summed E-state index contributed by atoms with van der Waals surface area (Å²) in [7, 11) is -2.07. The number of anilines is 2. The van der Waals surface area contributed by atoms with Crippen LogP contribution in [0.15, 0.2) is 113 Å². The van der Waals surface area contributed by atoms with Gasteiger partial charge in [0.15, 0.2) is 5.11 Å². The summed E-state index contributed by atoms with van der Waals surface area (Å²) in [5.41, 5.74) is 1.26. The summed E-state index contributed by atoms with van der Waals surface area (Å²) >= 11 is 6.96. The first-order chi connectivity index (χ1) is 21.2. The SMILES string of the molecule is CN(CC[C@H](Oc1cccc2ccccc12)c1cccs1)C(=O)Oc1ccc(NC(=S)Nc2ccc(S(N)(=O)=O)cc2)cc1. The summed E-state index contributed by atoms with van der Waals surface area (Å²) in [6.07, 6.45) is -0.139. The van der Waals surface area contributed by atoms with E-state index in [0.717, 1.165) is 21.4 Å². The number of rotatable bonds is 10. The quantitative estimate of drug-likeness (QED) is 0.139. The van der Waals surface area contributed by atoms with Crippen LogP contribution < -0.4 is 25.2 Å². The van der Waals surface area contributed by atoms with E-state index in [0.29, 0.717) is 35.2 Å². The van der Waals surface area contributed by atoms with Gasteiger partial charge < -0.3 is 25.0 Å². The summed E-state index contributed by atoms with van der Waals surface area (Å²) in [6.45, 7) is 0.421. The fraction of sp³-hybridized carbons (Fsp3) is 0.125. The van der Waals surface area contributed by atoms with Gasteiger partial charge in [-0.3, -0.25) is 0 Å². The van der Waals surface area contributed by atoms with Gasteiger partial charge in [0.2, 0.25) is 10.0 Å². The average Bonchev–Trinajstić information content (AvgIpc) is 3.55. The average molecular weight is 647 g/mol. The molecule has 1 atom stereocenters. The molecule has 0 saturated heterocycles. The topological polar surface area (TPSA) is 123 Å². The Balaban J connectivity index is 1.14. The minimum Gasteiger partial charge on any atom is -0.484 e. The first kappa shape index (κ1) is 31.0. The molecule has 0 aliphatic heterocycles. The lowest BCUT2D eigenvalue weighted by atomic mass is 10.1. The highest BCUT2D eigenvalue weighted by atomic mass is 32.2. The molecular formula is C32H30N4O5S3. The fourth-order valence-electron chi connectivity index (χ4n) is 4.39. The van der Waals surface area contributed by atoms with Crippen LogP contribution in [0, 0.1) is 0 Å². The highest BCUT2D eigenvalue weighted by Crippen LogP contribution is 2.33. The number of fused-ring (bicyclic) bond motifs is 1. The van der Waals surface area contributed by atoms with Gasteiger partial charge in [-0.1, -0.05) is 42.5 Å². The molecule has 5 aromatic rings.